The summed E-state index contributed by atoms with van der Waals surface area (Å²) in [7, 11) is 0. The van der Waals surface area contributed by atoms with Crippen LogP contribution in [0.4, 0.5) is 0 Å². The third-order valence-electron chi connectivity index (χ3n) is 4.22. The number of pyridine rings is 1. The van der Waals surface area contributed by atoms with Gasteiger partial charge in [0.25, 0.3) is 0 Å². The minimum atomic E-state index is -0.0500. The van der Waals surface area contributed by atoms with Gasteiger partial charge >= 0.3 is 0 Å². The van der Waals surface area contributed by atoms with Gasteiger partial charge in [0.1, 0.15) is 0 Å². The first kappa shape index (κ1) is 14.4. The highest BCUT2D eigenvalue weighted by atomic mass is 16.5. The maximum atomic E-state index is 5.44. The molecule has 2 aliphatic rings. The predicted octanol–water partition coefficient (Wildman–Crippen LogP) is 1.40. The summed E-state index contributed by atoms with van der Waals surface area (Å²) in [6, 6.07) is 4.12. The van der Waals surface area contributed by atoms with Crippen molar-refractivity contribution in [2.45, 2.75) is 26.1 Å². The highest BCUT2D eigenvalue weighted by Crippen LogP contribution is 2.23. The normalized spacial score (nSPS) is 22.1. The summed E-state index contributed by atoms with van der Waals surface area (Å²) in [5, 5.41) is 3.63. The smallest absolute Gasteiger partial charge is 0.0852 e. The van der Waals surface area contributed by atoms with E-state index in [1.807, 2.05) is 18.5 Å². The number of nitrogens with one attached hydrogen (secondary N) is 1. The maximum Gasteiger partial charge on any atom is 0.0852 e. The van der Waals surface area contributed by atoms with Gasteiger partial charge in [-0.2, -0.15) is 0 Å². The molecule has 0 spiro atoms. The molecule has 0 aliphatic carbocycles. The molecule has 2 aliphatic heterocycles. The molecule has 0 aromatic carbocycles. The topological polar surface area (TPSA) is 40.6 Å². The second-order valence-electron chi connectivity index (χ2n) is 6.12. The highest BCUT2D eigenvalue weighted by molar-refractivity contribution is 5.15. The second-order valence-corrected chi connectivity index (χ2v) is 6.12. The summed E-state index contributed by atoms with van der Waals surface area (Å²) in [6.07, 6.45) is 6.06. The maximum absolute atomic E-state index is 5.44. The van der Waals surface area contributed by atoms with Crippen molar-refractivity contribution in [2.75, 3.05) is 32.8 Å². The standard InChI is InChI=1S/C16H24N4O/c1-16(2)18-11-15(19-6-8-21-9-7-19)13-20(16)12-14-4-3-5-17-10-14/h3-5,10,13,18H,6-9,11-12H2,1-2H3. The van der Waals surface area contributed by atoms with Gasteiger partial charge in [0, 0.05) is 50.5 Å². The molecule has 1 aromatic heterocycles. The van der Waals surface area contributed by atoms with Crippen LogP contribution in [0.25, 0.3) is 0 Å². The first-order valence-electron chi connectivity index (χ1n) is 7.59. The quantitative estimate of drug-likeness (QED) is 0.910. The molecule has 1 saturated heterocycles. The Balaban J connectivity index is 1.77. The minimum Gasteiger partial charge on any atom is -0.378 e. The number of ether oxygens (including phenoxy) is 1. The van der Waals surface area contributed by atoms with Crippen molar-refractivity contribution in [2.24, 2.45) is 0 Å². The fourth-order valence-corrected chi connectivity index (χ4v) is 2.77. The van der Waals surface area contributed by atoms with E-state index >= 15 is 0 Å². The molecule has 0 bridgehead atoms. The van der Waals surface area contributed by atoms with Crippen LogP contribution in [-0.2, 0) is 11.3 Å². The predicted molar refractivity (Wildman–Crippen MR) is 82.3 cm³/mol. The van der Waals surface area contributed by atoms with Crippen molar-refractivity contribution in [3.8, 4) is 0 Å². The SMILES string of the molecule is CC1(C)NCC(N2CCOCC2)=CN1Cc1cccnc1. The molecule has 5 heteroatoms. The number of hydrogen-bond acceptors (Lipinski definition) is 5. The number of hydrogen-bond donors (Lipinski definition) is 1. The molecule has 3 heterocycles. The van der Waals surface area contributed by atoms with Crippen LogP contribution < -0.4 is 5.32 Å². The number of aromatic nitrogens is 1. The summed E-state index contributed by atoms with van der Waals surface area (Å²) < 4.78 is 5.44. The Kier molecular flexibility index (Phi) is 4.12. The van der Waals surface area contributed by atoms with Crippen LogP contribution in [0.15, 0.2) is 36.4 Å². The Morgan fingerprint density at radius 3 is 2.86 bits per heavy atom. The third kappa shape index (κ3) is 3.36. The fourth-order valence-electron chi connectivity index (χ4n) is 2.77. The molecule has 3 rings (SSSR count). The Morgan fingerprint density at radius 1 is 1.33 bits per heavy atom. The van der Waals surface area contributed by atoms with Gasteiger partial charge in [-0.3, -0.25) is 10.3 Å². The van der Waals surface area contributed by atoms with E-state index in [0.29, 0.717) is 0 Å². The summed E-state index contributed by atoms with van der Waals surface area (Å²) in [5.41, 5.74) is 2.53. The van der Waals surface area contributed by atoms with Crippen molar-refractivity contribution in [3.05, 3.63) is 42.0 Å². The van der Waals surface area contributed by atoms with Gasteiger partial charge in [0.2, 0.25) is 0 Å². The Hall–Kier alpha value is -1.59. The van der Waals surface area contributed by atoms with Crippen LogP contribution in [0.5, 0.6) is 0 Å². The van der Waals surface area contributed by atoms with E-state index in [1.165, 1.54) is 11.3 Å². The molecule has 21 heavy (non-hydrogen) atoms. The number of nitrogens with zero attached hydrogens (tertiary/aromatic N) is 3. The average Bonchev–Trinajstić information content (AvgIpc) is 2.51. The first-order valence-corrected chi connectivity index (χ1v) is 7.59. The minimum absolute atomic E-state index is 0.0500. The van der Waals surface area contributed by atoms with E-state index in [4.69, 9.17) is 4.74 Å². The van der Waals surface area contributed by atoms with E-state index in [1.54, 1.807) is 0 Å². The van der Waals surface area contributed by atoms with Gasteiger partial charge < -0.3 is 14.5 Å². The fraction of sp³-hybridized carbons (Fsp3) is 0.562. The van der Waals surface area contributed by atoms with Crippen molar-refractivity contribution >= 4 is 0 Å². The van der Waals surface area contributed by atoms with Gasteiger partial charge in [0.05, 0.1) is 18.9 Å². The second kappa shape index (κ2) is 6.03. The van der Waals surface area contributed by atoms with Crippen molar-refractivity contribution < 1.29 is 4.74 Å². The first-order chi connectivity index (χ1) is 10.1. The molecule has 0 unspecified atom stereocenters. The molecular weight excluding hydrogens is 264 g/mol. The largest absolute Gasteiger partial charge is 0.378 e. The molecule has 1 aromatic rings. The van der Waals surface area contributed by atoms with E-state index in [2.05, 4.69) is 46.2 Å². The zero-order valence-electron chi connectivity index (χ0n) is 12.9. The van der Waals surface area contributed by atoms with Crippen molar-refractivity contribution in [1.29, 1.82) is 0 Å². The molecule has 0 radical (unpaired) electrons. The average molecular weight is 288 g/mol. The summed E-state index contributed by atoms with van der Waals surface area (Å²) >= 11 is 0. The number of rotatable bonds is 3. The van der Waals surface area contributed by atoms with Crippen LogP contribution in [-0.4, -0.2) is 53.3 Å². The third-order valence-corrected chi connectivity index (χ3v) is 4.22. The van der Waals surface area contributed by atoms with Crippen molar-refractivity contribution in [1.82, 2.24) is 20.1 Å². The number of morpholine rings is 1. The zero-order chi connectivity index (χ0) is 14.7. The molecule has 0 atom stereocenters. The van der Waals surface area contributed by atoms with Gasteiger partial charge in [-0.15, -0.1) is 0 Å². The van der Waals surface area contributed by atoms with Gasteiger partial charge in [-0.1, -0.05) is 6.07 Å². The molecular formula is C16H24N4O. The van der Waals surface area contributed by atoms with Gasteiger partial charge in [-0.05, 0) is 25.5 Å². The van der Waals surface area contributed by atoms with Crippen LogP contribution in [0.3, 0.4) is 0 Å². The lowest BCUT2D eigenvalue weighted by atomic mass is 10.1. The Morgan fingerprint density at radius 2 is 2.14 bits per heavy atom. The van der Waals surface area contributed by atoms with E-state index in [-0.39, 0.29) is 5.66 Å². The van der Waals surface area contributed by atoms with Crippen molar-refractivity contribution in [3.63, 3.8) is 0 Å². The van der Waals surface area contributed by atoms with E-state index < -0.39 is 0 Å². The van der Waals surface area contributed by atoms with Crippen LogP contribution in [0.1, 0.15) is 19.4 Å². The monoisotopic (exact) mass is 288 g/mol. The summed E-state index contributed by atoms with van der Waals surface area (Å²) in [5.74, 6) is 0. The lowest BCUT2D eigenvalue weighted by Gasteiger charge is -2.45. The lowest BCUT2D eigenvalue weighted by molar-refractivity contribution is 0.0423. The molecule has 1 fully saturated rings. The molecule has 1 N–H and O–H groups in total. The summed E-state index contributed by atoms with van der Waals surface area (Å²) in [4.78, 5) is 8.99. The van der Waals surface area contributed by atoms with Gasteiger partial charge in [-0.25, -0.2) is 0 Å². The molecule has 0 saturated carbocycles. The highest BCUT2D eigenvalue weighted by Gasteiger charge is 2.30. The molecule has 5 nitrogen and oxygen atoms in total. The van der Waals surface area contributed by atoms with Crippen LogP contribution in [0, 0.1) is 0 Å². The van der Waals surface area contributed by atoms with Crippen LogP contribution >= 0.6 is 0 Å². The summed E-state index contributed by atoms with van der Waals surface area (Å²) in [6.45, 7) is 9.82. The lowest BCUT2D eigenvalue weighted by Crippen LogP contribution is -2.57. The Bertz CT molecular complexity index is 494. The zero-order valence-corrected chi connectivity index (χ0v) is 12.9. The molecule has 0 amide bonds. The Labute approximate surface area is 126 Å². The van der Waals surface area contributed by atoms with E-state index in [9.17, 15) is 0 Å². The van der Waals surface area contributed by atoms with Crippen LogP contribution in [0.2, 0.25) is 0 Å². The van der Waals surface area contributed by atoms with Gasteiger partial charge in [0.15, 0.2) is 0 Å². The van der Waals surface area contributed by atoms with E-state index in [0.717, 1.165) is 39.4 Å². The molecule has 114 valence electrons.